The molecule has 158 valence electrons. The minimum Gasteiger partial charge on any atom is -0.351 e. The zero-order chi connectivity index (χ0) is 21.7. The van der Waals surface area contributed by atoms with E-state index in [-0.39, 0.29) is 11.8 Å². The Hall–Kier alpha value is -2.51. The summed E-state index contributed by atoms with van der Waals surface area (Å²) in [5.74, 6) is 0.220. The van der Waals surface area contributed by atoms with Crippen LogP contribution in [0.4, 0.5) is 5.69 Å². The first kappa shape index (κ1) is 22.2. The van der Waals surface area contributed by atoms with Crippen LogP contribution in [0.1, 0.15) is 45.4 Å². The number of thiophene rings is 1. The molecule has 0 saturated heterocycles. The molecule has 30 heavy (non-hydrogen) atoms. The number of nitrogens with one attached hydrogen (secondary N) is 2. The van der Waals surface area contributed by atoms with E-state index in [4.69, 9.17) is 4.98 Å². The lowest BCUT2D eigenvalue weighted by atomic mass is 9.89. The summed E-state index contributed by atoms with van der Waals surface area (Å²) < 4.78 is 0. The van der Waals surface area contributed by atoms with Crippen molar-refractivity contribution in [3.63, 3.8) is 0 Å². The standard InChI is InChI=1S/C23H27N3O2S2/c1-15(2)11-20(27)25-17-8-5-7-16(12-17)13-24-22(28)23(3,4)19-14-30-21(26-19)18-9-6-10-29-18/h5-10,12,14-15H,11,13H2,1-4H3,(H,24,28)(H,25,27). The molecule has 2 aromatic heterocycles. The van der Waals surface area contributed by atoms with Crippen LogP contribution < -0.4 is 10.6 Å². The Labute approximate surface area is 185 Å². The molecule has 2 amide bonds. The zero-order valence-corrected chi connectivity index (χ0v) is 19.3. The normalized spacial score (nSPS) is 11.5. The number of amides is 2. The van der Waals surface area contributed by atoms with Gasteiger partial charge in [-0.05, 0) is 48.9 Å². The Morgan fingerprint density at radius 2 is 1.93 bits per heavy atom. The van der Waals surface area contributed by atoms with Crippen molar-refractivity contribution in [1.29, 1.82) is 0 Å². The van der Waals surface area contributed by atoms with Gasteiger partial charge in [0.05, 0.1) is 16.0 Å². The topological polar surface area (TPSA) is 71.1 Å². The van der Waals surface area contributed by atoms with Crippen LogP contribution in [0.3, 0.4) is 0 Å². The van der Waals surface area contributed by atoms with Crippen LogP contribution in [-0.4, -0.2) is 16.8 Å². The number of benzene rings is 1. The maximum Gasteiger partial charge on any atom is 0.231 e. The number of hydrogen-bond donors (Lipinski definition) is 2. The third-order valence-electron chi connectivity index (χ3n) is 4.70. The summed E-state index contributed by atoms with van der Waals surface area (Å²) in [5, 5.41) is 10.8. The maximum absolute atomic E-state index is 12.9. The Morgan fingerprint density at radius 1 is 1.13 bits per heavy atom. The second-order valence-corrected chi connectivity index (χ2v) is 9.98. The zero-order valence-electron chi connectivity index (χ0n) is 17.7. The molecule has 2 N–H and O–H groups in total. The Kier molecular flexibility index (Phi) is 7.05. The van der Waals surface area contributed by atoms with E-state index in [2.05, 4.69) is 10.6 Å². The van der Waals surface area contributed by atoms with Crippen LogP contribution in [0.5, 0.6) is 0 Å². The molecule has 0 aliphatic heterocycles. The van der Waals surface area contributed by atoms with Crippen LogP contribution in [0.15, 0.2) is 47.2 Å². The molecule has 0 saturated carbocycles. The minimum atomic E-state index is -0.741. The first-order valence-electron chi connectivity index (χ1n) is 9.92. The second-order valence-electron chi connectivity index (χ2n) is 8.17. The van der Waals surface area contributed by atoms with Crippen molar-refractivity contribution in [3.8, 4) is 9.88 Å². The highest BCUT2D eigenvalue weighted by atomic mass is 32.1. The van der Waals surface area contributed by atoms with Crippen LogP contribution in [0, 0.1) is 5.92 Å². The van der Waals surface area contributed by atoms with Gasteiger partial charge in [0, 0.05) is 24.0 Å². The lowest BCUT2D eigenvalue weighted by molar-refractivity contribution is -0.126. The lowest BCUT2D eigenvalue weighted by Crippen LogP contribution is -2.40. The van der Waals surface area contributed by atoms with Crippen molar-refractivity contribution in [1.82, 2.24) is 10.3 Å². The monoisotopic (exact) mass is 441 g/mol. The molecule has 0 aliphatic carbocycles. The molecule has 7 heteroatoms. The van der Waals surface area contributed by atoms with Gasteiger partial charge in [-0.3, -0.25) is 9.59 Å². The average Bonchev–Trinajstić information content (AvgIpc) is 3.37. The fraction of sp³-hybridized carbons (Fsp3) is 0.348. The first-order chi connectivity index (χ1) is 14.3. The number of anilines is 1. The van der Waals surface area contributed by atoms with Crippen molar-refractivity contribution in [2.45, 2.75) is 46.1 Å². The molecule has 0 radical (unpaired) electrons. The Morgan fingerprint density at radius 3 is 2.63 bits per heavy atom. The van der Waals surface area contributed by atoms with Crippen LogP contribution >= 0.6 is 22.7 Å². The second kappa shape index (κ2) is 9.53. The number of aromatic nitrogens is 1. The number of carbonyl (C=O) groups excluding carboxylic acids is 2. The van der Waals surface area contributed by atoms with Gasteiger partial charge in [0.15, 0.2) is 0 Å². The number of rotatable bonds is 8. The van der Waals surface area contributed by atoms with Gasteiger partial charge in [-0.1, -0.05) is 32.0 Å². The molecule has 3 aromatic rings. The van der Waals surface area contributed by atoms with E-state index in [0.29, 0.717) is 18.9 Å². The van der Waals surface area contributed by atoms with E-state index in [1.807, 2.05) is 74.9 Å². The largest absolute Gasteiger partial charge is 0.351 e. The van der Waals surface area contributed by atoms with Crippen molar-refractivity contribution < 1.29 is 9.59 Å². The number of carbonyl (C=O) groups is 2. The van der Waals surface area contributed by atoms with Gasteiger partial charge >= 0.3 is 0 Å². The number of thiazole rings is 1. The van der Waals surface area contributed by atoms with Gasteiger partial charge < -0.3 is 10.6 Å². The van der Waals surface area contributed by atoms with E-state index >= 15 is 0 Å². The highest BCUT2D eigenvalue weighted by molar-refractivity contribution is 7.20. The van der Waals surface area contributed by atoms with E-state index in [9.17, 15) is 9.59 Å². The van der Waals surface area contributed by atoms with E-state index in [0.717, 1.165) is 26.8 Å². The van der Waals surface area contributed by atoms with Crippen molar-refractivity contribution >= 4 is 40.2 Å². The van der Waals surface area contributed by atoms with Gasteiger partial charge in [-0.15, -0.1) is 22.7 Å². The van der Waals surface area contributed by atoms with Crippen LogP contribution in [0.2, 0.25) is 0 Å². The van der Waals surface area contributed by atoms with E-state index in [1.54, 1.807) is 22.7 Å². The molecule has 0 fully saturated rings. The summed E-state index contributed by atoms with van der Waals surface area (Å²) in [6, 6.07) is 11.6. The van der Waals surface area contributed by atoms with Gasteiger partial charge in [0.2, 0.25) is 11.8 Å². The molecule has 1 aromatic carbocycles. The highest BCUT2D eigenvalue weighted by Gasteiger charge is 2.32. The fourth-order valence-corrected chi connectivity index (χ4v) is 4.74. The van der Waals surface area contributed by atoms with Crippen molar-refractivity contribution in [2.75, 3.05) is 5.32 Å². The first-order valence-corrected chi connectivity index (χ1v) is 11.7. The molecule has 0 spiro atoms. The maximum atomic E-state index is 12.9. The predicted molar refractivity (Wildman–Crippen MR) is 125 cm³/mol. The SMILES string of the molecule is CC(C)CC(=O)Nc1cccc(CNC(=O)C(C)(C)c2csc(-c3cccs3)n2)c1. The van der Waals surface area contributed by atoms with Crippen LogP contribution in [0.25, 0.3) is 9.88 Å². The summed E-state index contributed by atoms with van der Waals surface area (Å²) in [6.45, 7) is 8.19. The third kappa shape index (κ3) is 5.55. The van der Waals surface area contributed by atoms with Gasteiger partial charge in [0.1, 0.15) is 5.01 Å². The predicted octanol–water partition coefficient (Wildman–Crippen LogP) is 5.45. The molecule has 0 aliphatic rings. The summed E-state index contributed by atoms with van der Waals surface area (Å²) >= 11 is 3.20. The summed E-state index contributed by atoms with van der Waals surface area (Å²) in [7, 11) is 0. The van der Waals surface area contributed by atoms with Crippen molar-refractivity contribution in [3.05, 3.63) is 58.4 Å². The molecule has 5 nitrogen and oxygen atoms in total. The molecular formula is C23H27N3O2S2. The minimum absolute atomic E-state index is 0.00241. The summed E-state index contributed by atoms with van der Waals surface area (Å²) in [6.07, 6.45) is 0.482. The highest BCUT2D eigenvalue weighted by Crippen LogP contribution is 2.32. The quantitative estimate of drug-likeness (QED) is 0.488. The fourth-order valence-electron chi connectivity index (χ4n) is 2.94. The Bertz CT molecular complexity index is 1010. The van der Waals surface area contributed by atoms with E-state index < -0.39 is 5.41 Å². The number of hydrogen-bond acceptors (Lipinski definition) is 5. The van der Waals surface area contributed by atoms with E-state index in [1.165, 1.54) is 0 Å². The van der Waals surface area contributed by atoms with Gasteiger partial charge in [0.25, 0.3) is 0 Å². The molecule has 2 heterocycles. The number of nitrogens with zero attached hydrogens (tertiary/aromatic N) is 1. The summed E-state index contributed by atoms with van der Waals surface area (Å²) in [4.78, 5) is 30.7. The molecule has 0 atom stereocenters. The summed E-state index contributed by atoms with van der Waals surface area (Å²) in [5.41, 5.74) is 1.70. The lowest BCUT2D eigenvalue weighted by Gasteiger charge is -2.21. The molecule has 0 unspecified atom stereocenters. The van der Waals surface area contributed by atoms with Gasteiger partial charge in [-0.25, -0.2) is 4.98 Å². The van der Waals surface area contributed by atoms with Crippen LogP contribution in [-0.2, 0) is 21.5 Å². The molecule has 3 rings (SSSR count). The van der Waals surface area contributed by atoms with Gasteiger partial charge in [-0.2, -0.15) is 0 Å². The molecule has 0 bridgehead atoms. The average molecular weight is 442 g/mol. The third-order valence-corrected chi connectivity index (χ3v) is 6.58. The molecular weight excluding hydrogens is 414 g/mol. The Balaban J connectivity index is 1.62. The van der Waals surface area contributed by atoms with Crippen molar-refractivity contribution in [2.24, 2.45) is 5.92 Å². The smallest absolute Gasteiger partial charge is 0.231 e.